The molecule has 3 aromatic heterocycles. The first-order valence-electron chi connectivity index (χ1n) is 18.7. The molecule has 2 aliphatic rings. The molecular weight excluding hydrogens is 729 g/mol. The van der Waals surface area contributed by atoms with E-state index in [9.17, 15) is 27.6 Å². The summed E-state index contributed by atoms with van der Waals surface area (Å²) in [7, 11) is 1.52. The molecule has 6 bridgehead atoms. The zero-order valence-corrected chi connectivity index (χ0v) is 32.8. The highest BCUT2D eigenvalue weighted by Crippen LogP contribution is 2.43. The Morgan fingerprint density at radius 2 is 1.89 bits per heavy atom. The molecule has 1 aromatic carbocycles. The first kappa shape index (κ1) is 40.6. The van der Waals surface area contributed by atoms with E-state index < -0.39 is 59.9 Å². The molecule has 0 aliphatic carbocycles. The molecule has 5 heterocycles. The first-order valence-corrected chi connectivity index (χ1v) is 18.7. The molecule has 0 radical (unpaired) electrons. The van der Waals surface area contributed by atoms with Crippen molar-refractivity contribution >= 4 is 28.9 Å². The topological polar surface area (TPSA) is 137 Å². The van der Waals surface area contributed by atoms with Gasteiger partial charge in [0.2, 0.25) is 0 Å². The molecule has 12 nitrogen and oxygen atoms in total. The molecule has 2 aliphatic heterocycles. The van der Waals surface area contributed by atoms with Crippen molar-refractivity contribution in [3.8, 4) is 22.5 Å². The van der Waals surface area contributed by atoms with E-state index in [0.717, 1.165) is 0 Å². The number of aromatic nitrogens is 3. The number of hydrogen-bond acceptors (Lipinski definition) is 9. The second-order valence-electron chi connectivity index (χ2n) is 16.3. The number of carbonyl (C=O) groups is 3. The Kier molecular flexibility index (Phi) is 11.5. The van der Waals surface area contributed by atoms with Gasteiger partial charge in [-0.25, -0.2) is 10.2 Å². The number of carbonyl (C=O) groups excluding carboxylic acids is 3. The number of benzene rings is 1. The fourth-order valence-corrected chi connectivity index (χ4v) is 7.28. The van der Waals surface area contributed by atoms with Gasteiger partial charge in [-0.3, -0.25) is 24.6 Å². The standard InChI is InChI=1S/C41H49F3N6O6/c1-24(54-7)34-27(12-9-17-45-34)35-29-21-40(5,6)23-55-37(52)31-14-10-18-50(48-31)36(51)32(47-38(53)56-39(2,3)4)20-26-11-8-13-30(46-26)25-15-16-33(28(29)19-25)49(35)22-41(42,43)44/h8-9,11-13,15-17,19,24,31-32,48H,10,14,18,20-23H2,1-7H3,(H,47,53)/t24-,31?,32-/m0/s1. The van der Waals surface area contributed by atoms with Crippen molar-refractivity contribution in [1.29, 1.82) is 0 Å². The lowest BCUT2D eigenvalue weighted by Gasteiger charge is -2.35. The number of hydrogen-bond donors (Lipinski definition) is 2. The number of nitrogens with zero attached hydrogens (tertiary/aromatic N) is 4. The van der Waals surface area contributed by atoms with Gasteiger partial charge >= 0.3 is 18.2 Å². The van der Waals surface area contributed by atoms with Crippen molar-refractivity contribution in [2.75, 3.05) is 20.3 Å². The van der Waals surface area contributed by atoms with Gasteiger partial charge in [0.15, 0.2) is 0 Å². The van der Waals surface area contributed by atoms with Gasteiger partial charge in [-0.15, -0.1) is 0 Å². The molecule has 3 atom stereocenters. The highest BCUT2D eigenvalue weighted by atomic mass is 19.4. The third kappa shape index (κ3) is 9.32. The summed E-state index contributed by atoms with van der Waals surface area (Å²) in [5.41, 5.74) is 5.31. The minimum absolute atomic E-state index is 0.0194. The number of ether oxygens (including phenoxy) is 3. The van der Waals surface area contributed by atoms with Crippen LogP contribution in [0.5, 0.6) is 0 Å². The molecule has 2 amide bonds. The summed E-state index contributed by atoms with van der Waals surface area (Å²) >= 11 is 0. The molecule has 4 aromatic rings. The van der Waals surface area contributed by atoms with Gasteiger partial charge in [0.05, 0.1) is 29.8 Å². The summed E-state index contributed by atoms with van der Waals surface area (Å²) in [5, 5.41) is 4.60. The Hall–Kier alpha value is -5.02. The molecule has 1 saturated heterocycles. The highest BCUT2D eigenvalue weighted by Gasteiger charge is 2.37. The number of alkyl carbamates (subject to hydrolysis) is 1. The molecule has 1 unspecified atom stereocenters. The largest absolute Gasteiger partial charge is 0.464 e. The average molecular weight is 779 g/mol. The lowest BCUT2D eigenvalue weighted by atomic mass is 9.84. The van der Waals surface area contributed by atoms with Gasteiger partial charge in [-0.05, 0) is 88.9 Å². The number of nitrogens with one attached hydrogen (secondary N) is 2. The molecule has 15 heteroatoms. The van der Waals surface area contributed by atoms with E-state index in [4.69, 9.17) is 19.2 Å². The van der Waals surface area contributed by atoms with E-state index in [1.165, 1.54) is 16.7 Å². The van der Waals surface area contributed by atoms with E-state index >= 15 is 0 Å². The normalized spacial score (nSPS) is 19.9. The second-order valence-corrected chi connectivity index (χ2v) is 16.3. The summed E-state index contributed by atoms with van der Waals surface area (Å²) in [6.45, 7) is 9.67. The van der Waals surface area contributed by atoms with Crippen molar-refractivity contribution in [2.45, 2.75) is 104 Å². The van der Waals surface area contributed by atoms with Gasteiger partial charge in [0.25, 0.3) is 5.91 Å². The van der Waals surface area contributed by atoms with Gasteiger partial charge in [-0.1, -0.05) is 26.0 Å². The maximum Gasteiger partial charge on any atom is 0.408 e. The van der Waals surface area contributed by atoms with Crippen LogP contribution in [0.1, 0.15) is 77.4 Å². The maximum absolute atomic E-state index is 14.5. The third-order valence-corrected chi connectivity index (χ3v) is 9.84. The van der Waals surface area contributed by atoms with E-state index in [0.29, 0.717) is 63.2 Å². The Bertz CT molecular complexity index is 2110. The number of halogens is 3. The summed E-state index contributed by atoms with van der Waals surface area (Å²) in [5.74, 6) is -1.06. The average Bonchev–Trinajstić information content (AvgIpc) is 3.41. The lowest BCUT2D eigenvalue weighted by molar-refractivity contribution is -0.155. The predicted molar refractivity (Wildman–Crippen MR) is 203 cm³/mol. The van der Waals surface area contributed by atoms with E-state index in [-0.39, 0.29) is 26.0 Å². The smallest absolute Gasteiger partial charge is 0.408 e. The van der Waals surface area contributed by atoms with Gasteiger partial charge in [0, 0.05) is 59.4 Å². The number of methoxy groups -OCH3 is 1. The first-order chi connectivity index (χ1) is 26.3. The maximum atomic E-state index is 14.5. The Balaban J connectivity index is 1.55. The molecular formula is C41H49F3N6O6. The van der Waals surface area contributed by atoms with E-state index in [1.54, 1.807) is 76.4 Å². The van der Waals surface area contributed by atoms with Crippen molar-refractivity contribution in [2.24, 2.45) is 5.41 Å². The van der Waals surface area contributed by atoms with Crippen LogP contribution in [0, 0.1) is 5.41 Å². The summed E-state index contributed by atoms with van der Waals surface area (Å²) in [6.07, 6.45) is -3.21. The third-order valence-electron chi connectivity index (χ3n) is 9.84. The minimum Gasteiger partial charge on any atom is -0.464 e. The van der Waals surface area contributed by atoms with Gasteiger partial charge < -0.3 is 24.1 Å². The summed E-state index contributed by atoms with van der Waals surface area (Å²) in [6, 6.07) is 12.0. The number of pyridine rings is 2. The number of amides is 2. The molecule has 56 heavy (non-hydrogen) atoms. The number of esters is 1. The molecule has 0 saturated carbocycles. The summed E-state index contributed by atoms with van der Waals surface area (Å²) in [4.78, 5) is 50.1. The van der Waals surface area contributed by atoms with Crippen molar-refractivity contribution in [3.05, 3.63) is 71.7 Å². The number of hydrazine groups is 1. The number of alkyl halides is 3. The van der Waals surface area contributed by atoms with Crippen LogP contribution in [0.2, 0.25) is 0 Å². The van der Waals surface area contributed by atoms with Crippen LogP contribution in [0.15, 0.2) is 54.7 Å². The number of cyclic esters (lactones) is 1. The Morgan fingerprint density at radius 1 is 1.12 bits per heavy atom. The molecule has 1 fully saturated rings. The van der Waals surface area contributed by atoms with E-state index in [1.807, 2.05) is 19.9 Å². The molecule has 300 valence electrons. The van der Waals surface area contributed by atoms with Crippen LogP contribution in [0.4, 0.5) is 18.0 Å². The fraction of sp³-hybridized carbons (Fsp3) is 0.488. The lowest BCUT2D eigenvalue weighted by Crippen LogP contribution is -2.60. The zero-order valence-electron chi connectivity index (χ0n) is 32.8. The van der Waals surface area contributed by atoms with Crippen LogP contribution in [0.3, 0.4) is 0 Å². The molecule has 0 spiro atoms. The quantitative estimate of drug-likeness (QED) is 0.204. The van der Waals surface area contributed by atoms with Crippen molar-refractivity contribution in [1.82, 2.24) is 30.3 Å². The van der Waals surface area contributed by atoms with Crippen molar-refractivity contribution < 1.29 is 41.8 Å². The van der Waals surface area contributed by atoms with Crippen LogP contribution in [-0.2, 0) is 43.2 Å². The Morgan fingerprint density at radius 3 is 2.61 bits per heavy atom. The van der Waals surface area contributed by atoms with Gasteiger partial charge in [-0.2, -0.15) is 13.2 Å². The van der Waals surface area contributed by atoms with Crippen LogP contribution >= 0.6 is 0 Å². The molecule has 6 rings (SSSR count). The van der Waals surface area contributed by atoms with Crippen molar-refractivity contribution in [3.63, 3.8) is 0 Å². The Labute approximate surface area is 324 Å². The number of rotatable bonds is 5. The van der Waals surface area contributed by atoms with Gasteiger partial charge in [0.1, 0.15) is 24.2 Å². The molecule has 2 N–H and O–H groups in total. The summed E-state index contributed by atoms with van der Waals surface area (Å²) < 4.78 is 61.8. The van der Waals surface area contributed by atoms with E-state index in [2.05, 4.69) is 15.7 Å². The van der Waals surface area contributed by atoms with Crippen LogP contribution in [0.25, 0.3) is 33.4 Å². The van der Waals surface area contributed by atoms with Crippen LogP contribution in [-0.4, -0.2) is 81.6 Å². The zero-order chi connectivity index (χ0) is 40.6. The SMILES string of the molecule is CO[C@@H](C)c1ncccc1-c1c2c3cc(ccc3n1CC(F)(F)F)-c1cccc(n1)C[C@H](NC(=O)OC(C)(C)C)C(=O)N1CCCC(N1)C(=O)OCC(C)(C)C2. The number of fused-ring (bicyclic) bond motifs is 6. The van der Waals surface area contributed by atoms with Crippen LogP contribution < -0.4 is 10.7 Å². The monoisotopic (exact) mass is 778 g/mol. The minimum atomic E-state index is -4.57. The second kappa shape index (κ2) is 15.8. The predicted octanol–water partition coefficient (Wildman–Crippen LogP) is 7.09. The fourth-order valence-electron chi connectivity index (χ4n) is 7.28. The highest BCUT2D eigenvalue weighted by molar-refractivity contribution is 5.95.